The molecule has 4 nitrogen and oxygen atoms in total. The molecule has 4 heteroatoms. The van der Waals surface area contributed by atoms with Crippen molar-refractivity contribution in [3.63, 3.8) is 0 Å². The van der Waals surface area contributed by atoms with Gasteiger partial charge in [-0.3, -0.25) is 9.59 Å². The van der Waals surface area contributed by atoms with Crippen LogP contribution in [0.15, 0.2) is 54.6 Å². The molecule has 110 valence electrons. The number of aldehydes is 1. The highest BCUT2D eigenvalue weighted by molar-refractivity contribution is 5.74. The number of aliphatic carboxylic acids is 1. The first-order chi connectivity index (χ1) is 10.2. The monoisotopic (exact) mass is 286 g/mol. The summed E-state index contributed by atoms with van der Waals surface area (Å²) in [7, 11) is 1.59. The minimum atomic E-state index is -0.742. The van der Waals surface area contributed by atoms with Crippen molar-refractivity contribution < 1.29 is 19.4 Å². The van der Waals surface area contributed by atoms with E-state index >= 15 is 0 Å². The molecule has 2 aromatic carbocycles. The predicted octanol–water partition coefficient (Wildman–Crippen LogP) is 3.21. The molecule has 0 atom stereocenters. The second-order valence-electron chi connectivity index (χ2n) is 4.27. The van der Waals surface area contributed by atoms with E-state index < -0.39 is 5.97 Å². The zero-order valence-electron chi connectivity index (χ0n) is 11.9. The van der Waals surface area contributed by atoms with Crippen LogP contribution in [0.1, 0.15) is 22.3 Å². The van der Waals surface area contributed by atoms with E-state index in [0.29, 0.717) is 12.0 Å². The minimum Gasteiger partial charge on any atom is -0.497 e. The quantitative estimate of drug-likeness (QED) is 0.857. The van der Waals surface area contributed by atoms with Crippen LogP contribution in [0.25, 0.3) is 0 Å². The van der Waals surface area contributed by atoms with Crippen molar-refractivity contribution in [3.8, 4) is 5.75 Å². The lowest BCUT2D eigenvalue weighted by molar-refractivity contribution is -0.136. The SMILES string of the molecule is COc1ccc(C=O)cc1.O=C(O)CCc1ccccc1. The molecule has 0 radical (unpaired) electrons. The lowest BCUT2D eigenvalue weighted by Crippen LogP contribution is -1.96. The molecule has 0 aliphatic heterocycles. The van der Waals surface area contributed by atoms with Crippen LogP contribution in [0.3, 0.4) is 0 Å². The van der Waals surface area contributed by atoms with Crippen molar-refractivity contribution in [1.82, 2.24) is 0 Å². The van der Waals surface area contributed by atoms with Gasteiger partial charge in [0.05, 0.1) is 7.11 Å². The minimum absolute atomic E-state index is 0.212. The first-order valence-electron chi connectivity index (χ1n) is 6.50. The summed E-state index contributed by atoms with van der Waals surface area (Å²) in [5.41, 5.74) is 1.75. The van der Waals surface area contributed by atoms with Crippen molar-refractivity contribution in [2.75, 3.05) is 7.11 Å². The molecule has 0 amide bonds. The van der Waals surface area contributed by atoms with E-state index in [1.165, 1.54) is 0 Å². The van der Waals surface area contributed by atoms with Crippen LogP contribution in [0.2, 0.25) is 0 Å². The maximum atomic E-state index is 10.2. The fraction of sp³-hybridized carbons (Fsp3) is 0.176. The third-order valence-corrected chi connectivity index (χ3v) is 2.72. The molecule has 0 bridgehead atoms. The lowest BCUT2D eigenvalue weighted by Gasteiger charge is -1.96. The summed E-state index contributed by atoms with van der Waals surface area (Å²) >= 11 is 0. The lowest BCUT2D eigenvalue weighted by atomic mass is 10.1. The van der Waals surface area contributed by atoms with Crippen molar-refractivity contribution in [3.05, 3.63) is 65.7 Å². The third kappa shape index (κ3) is 6.92. The number of benzene rings is 2. The van der Waals surface area contributed by atoms with Crippen LogP contribution in [0.5, 0.6) is 5.75 Å². The summed E-state index contributed by atoms with van der Waals surface area (Å²) in [6.45, 7) is 0. The molecular weight excluding hydrogens is 268 g/mol. The van der Waals surface area contributed by atoms with Gasteiger partial charge in [-0.1, -0.05) is 30.3 Å². The Kier molecular flexibility index (Phi) is 7.29. The number of hydrogen-bond acceptors (Lipinski definition) is 3. The normalized spacial score (nSPS) is 9.19. The van der Waals surface area contributed by atoms with Gasteiger partial charge in [-0.05, 0) is 36.2 Å². The van der Waals surface area contributed by atoms with Crippen molar-refractivity contribution >= 4 is 12.3 Å². The van der Waals surface area contributed by atoms with Gasteiger partial charge in [-0.15, -0.1) is 0 Å². The number of hydrogen-bond donors (Lipinski definition) is 1. The molecule has 0 saturated carbocycles. The molecule has 0 unspecified atom stereocenters. The van der Waals surface area contributed by atoms with Gasteiger partial charge < -0.3 is 9.84 Å². The fourth-order valence-corrected chi connectivity index (χ4v) is 1.58. The Hall–Kier alpha value is -2.62. The van der Waals surface area contributed by atoms with E-state index in [2.05, 4.69) is 0 Å². The fourth-order valence-electron chi connectivity index (χ4n) is 1.58. The van der Waals surface area contributed by atoms with Crippen LogP contribution in [0.4, 0.5) is 0 Å². The Morgan fingerprint density at radius 2 is 1.71 bits per heavy atom. The number of carbonyl (C=O) groups excluding carboxylic acids is 1. The molecule has 0 aromatic heterocycles. The summed E-state index contributed by atoms with van der Waals surface area (Å²) < 4.78 is 4.90. The Labute approximate surface area is 124 Å². The molecular formula is C17H18O4. The third-order valence-electron chi connectivity index (χ3n) is 2.72. The van der Waals surface area contributed by atoms with Crippen LogP contribution >= 0.6 is 0 Å². The van der Waals surface area contributed by atoms with Crippen molar-refractivity contribution in [2.24, 2.45) is 0 Å². The molecule has 0 spiro atoms. The largest absolute Gasteiger partial charge is 0.497 e. The second-order valence-corrected chi connectivity index (χ2v) is 4.27. The smallest absolute Gasteiger partial charge is 0.303 e. The number of carbonyl (C=O) groups is 2. The predicted molar refractivity (Wildman–Crippen MR) is 80.8 cm³/mol. The maximum Gasteiger partial charge on any atom is 0.303 e. The van der Waals surface area contributed by atoms with Crippen LogP contribution in [0, 0.1) is 0 Å². The van der Waals surface area contributed by atoms with E-state index in [9.17, 15) is 9.59 Å². The first kappa shape index (κ1) is 16.4. The number of carboxylic acid groups (broad SMARTS) is 1. The van der Waals surface area contributed by atoms with Crippen molar-refractivity contribution in [2.45, 2.75) is 12.8 Å². The highest BCUT2D eigenvalue weighted by atomic mass is 16.5. The topological polar surface area (TPSA) is 63.6 Å². The van der Waals surface area contributed by atoms with Gasteiger partial charge in [0.15, 0.2) is 0 Å². The molecule has 2 aromatic rings. The Morgan fingerprint density at radius 1 is 1.10 bits per heavy atom. The average molecular weight is 286 g/mol. The molecule has 0 saturated heterocycles. The van der Waals surface area contributed by atoms with E-state index in [0.717, 1.165) is 17.6 Å². The summed E-state index contributed by atoms with van der Waals surface area (Å²) in [6.07, 6.45) is 1.64. The van der Waals surface area contributed by atoms with Crippen LogP contribution in [-0.4, -0.2) is 24.5 Å². The molecule has 2 rings (SSSR count). The van der Waals surface area contributed by atoms with Gasteiger partial charge in [0.25, 0.3) is 0 Å². The molecule has 0 fully saturated rings. The number of aryl methyl sites for hydroxylation is 1. The summed E-state index contributed by atoms with van der Waals surface area (Å²) in [4.78, 5) is 20.3. The van der Waals surface area contributed by atoms with E-state index in [1.54, 1.807) is 31.4 Å². The molecule has 0 heterocycles. The van der Waals surface area contributed by atoms with E-state index in [4.69, 9.17) is 9.84 Å². The summed E-state index contributed by atoms with van der Waals surface area (Å²) in [5, 5.41) is 8.37. The summed E-state index contributed by atoms with van der Waals surface area (Å²) in [5.74, 6) is 0.0273. The molecule has 0 aliphatic carbocycles. The number of carboxylic acids is 1. The zero-order chi connectivity index (χ0) is 15.5. The van der Waals surface area contributed by atoms with Gasteiger partial charge in [0.2, 0.25) is 0 Å². The van der Waals surface area contributed by atoms with Gasteiger partial charge in [-0.25, -0.2) is 0 Å². The second kappa shape index (κ2) is 9.31. The van der Waals surface area contributed by atoms with Gasteiger partial charge >= 0.3 is 5.97 Å². The Bertz CT molecular complexity index is 547. The molecule has 1 N–H and O–H groups in total. The number of ether oxygens (including phenoxy) is 1. The number of methoxy groups -OCH3 is 1. The molecule has 0 aliphatic rings. The Balaban J connectivity index is 0.000000211. The van der Waals surface area contributed by atoms with Crippen LogP contribution < -0.4 is 4.74 Å². The van der Waals surface area contributed by atoms with E-state index in [1.807, 2.05) is 30.3 Å². The Morgan fingerprint density at radius 3 is 2.19 bits per heavy atom. The number of rotatable bonds is 5. The van der Waals surface area contributed by atoms with E-state index in [-0.39, 0.29) is 6.42 Å². The highest BCUT2D eigenvalue weighted by Gasteiger charge is 1.96. The molecule has 21 heavy (non-hydrogen) atoms. The maximum absolute atomic E-state index is 10.2. The van der Waals surface area contributed by atoms with Gasteiger partial charge in [0.1, 0.15) is 12.0 Å². The standard InChI is InChI=1S/C9H10O2.C8H8O2/c10-9(11)7-6-8-4-2-1-3-5-8;1-10-8-4-2-7(6-9)3-5-8/h1-5H,6-7H2,(H,10,11);2-6H,1H3. The zero-order valence-corrected chi connectivity index (χ0v) is 11.9. The highest BCUT2D eigenvalue weighted by Crippen LogP contribution is 2.09. The van der Waals surface area contributed by atoms with Gasteiger partial charge in [-0.2, -0.15) is 0 Å². The first-order valence-corrected chi connectivity index (χ1v) is 6.50. The van der Waals surface area contributed by atoms with Crippen molar-refractivity contribution in [1.29, 1.82) is 0 Å². The average Bonchev–Trinajstić information content (AvgIpc) is 2.54. The van der Waals surface area contributed by atoms with Crippen LogP contribution in [-0.2, 0) is 11.2 Å². The summed E-state index contributed by atoms with van der Waals surface area (Å²) in [6, 6.07) is 16.6. The van der Waals surface area contributed by atoms with Gasteiger partial charge in [0, 0.05) is 12.0 Å².